The quantitative estimate of drug-likeness (QED) is 0.594. The van der Waals surface area contributed by atoms with Crippen molar-refractivity contribution in [1.29, 1.82) is 0 Å². The van der Waals surface area contributed by atoms with Gasteiger partial charge in [0.1, 0.15) is 12.3 Å². The van der Waals surface area contributed by atoms with Crippen molar-refractivity contribution in [3.05, 3.63) is 28.6 Å². The minimum Gasteiger partial charge on any atom is -0.468 e. The molecule has 0 aliphatic rings. The Balaban J connectivity index is 2.65. The van der Waals surface area contributed by atoms with Gasteiger partial charge >= 0.3 is 5.97 Å². The molecule has 1 amide bonds. The Morgan fingerprint density at radius 2 is 2.21 bits per heavy atom. The second-order valence-corrected chi connectivity index (χ2v) is 4.59. The van der Waals surface area contributed by atoms with Gasteiger partial charge in [-0.3, -0.25) is 9.59 Å². The van der Waals surface area contributed by atoms with Crippen LogP contribution in [0.1, 0.15) is 19.1 Å². The molecule has 1 rings (SSSR count). The second-order valence-electron chi connectivity index (χ2n) is 3.81. The number of methoxy groups -OCH3 is 1. The maximum Gasteiger partial charge on any atom is 0.325 e. The van der Waals surface area contributed by atoms with E-state index in [2.05, 4.69) is 20.7 Å². The van der Waals surface area contributed by atoms with Gasteiger partial charge in [-0.15, -0.1) is 0 Å². The van der Waals surface area contributed by atoms with Crippen LogP contribution >= 0.6 is 15.9 Å². The molecule has 0 fully saturated rings. The van der Waals surface area contributed by atoms with Crippen molar-refractivity contribution in [3.63, 3.8) is 0 Å². The molecule has 0 saturated heterocycles. The Bertz CT molecular complexity index is 467. The Kier molecular flexibility index (Phi) is 6.35. The number of carbonyl (C=O) groups excluding carboxylic acids is 2. The summed E-state index contributed by atoms with van der Waals surface area (Å²) in [7, 11) is 1.30. The summed E-state index contributed by atoms with van der Waals surface area (Å²) in [5.41, 5.74) is 0. The summed E-state index contributed by atoms with van der Waals surface area (Å²) in [4.78, 5) is 24.6. The van der Waals surface area contributed by atoms with Crippen LogP contribution in [0.3, 0.4) is 0 Å². The third-order valence-corrected chi connectivity index (χ3v) is 2.76. The van der Waals surface area contributed by atoms with Gasteiger partial charge in [-0.05, 0) is 40.6 Å². The van der Waals surface area contributed by atoms with Gasteiger partial charge in [-0.1, -0.05) is 6.92 Å². The summed E-state index contributed by atoms with van der Waals surface area (Å²) < 4.78 is 10.4. The molecular weight excluding hydrogens is 314 g/mol. The van der Waals surface area contributed by atoms with Crippen LogP contribution in [0.4, 0.5) is 0 Å². The Morgan fingerprint density at radius 3 is 2.74 bits per heavy atom. The molecule has 0 radical (unpaired) electrons. The van der Waals surface area contributed by atoms with Crippen molar-refractivity contribution in [3.8, 4) is 0 Å². The lowest BCUT2D eigenvalue weighted by molar-refractivity contribution is -0.145. The van der Waals surface area contributed by atoms with Crippen LogP contribution in [-0.2, 0) is 14.3 Å². The van der Waals surface area contributed by atoms with E-state index in [1.54, 1.807) is 18.2 Å². The number of rotatable bonds is 6. The Labute approximate surface area is 120 Å². The smallest absolute Gasteiger partial charge is 0.325 e. The van der Waals surface area contributed by atoms with Crippen molar-refractivity contribution < 1.29 is 18.7 Å². The molecule has 0 bridgehead atoms. The molecule has 0 aliphatic heterocycles. The number of carbonyl (C=O) groups is 2. The molecule has 5 nitrogen and oxygen atoms in total. The molecule has 0 spiro atoms. The molecule has 1 heterocycles. The molecular formula is C13H16BrNO4. The molecule has 0 atom stereocenters. The largest absolute Gasteiger partial charge is 0.468 e. The van der Waals surface area contributed by atoms with E-state index in [4.69, 9.17) is 4.42 Å². The highest BCUT2D eigenvalue weighted by Crippen LogP contribution is 2.15. The van der Waals surface area contributed by atoms with Gasteiger partial charge in [0.05, 0.1) is 7.11 Å². The van der Waals surface area contributed by atoms with Gasteiger partial charge in [0.2, 0.25) is 5.91 Å². The molecule has 1 aromatic heterocycles. The van der Waals surface area contributed by atoms with E-state index < -0.39 is 5.97 Å². The Hall–Kier alpha value is -1.56. The minimum atomic E-state index is -0.434. The summed E-state index contributed by atoms with van der Waals surface area (Å²) >= 11 is 3.18. The number of hydrogen-bond acceptors (Lipinski definition) is 4. The number of nitrogens with zero attached hydrogens (tertiary/aromatic N) is 1. The lowest BCUT2D eigenvalue weighted by Gasteiger charge is -2.18. The Morgan fingerprint density at radius 1 is 1.47 bits per heavy atom. The predicted octanol–water partition coefficient (Wildman–Crippen LogP) is 2.47. The third-order valence-electron chi connectivity index (χ3n) is 2.34. The maximum atomic E-state index is 11.9. The number of halogens is 1. The fraction of sp³-hybridized carbons (Fsp3) is 0.385. The van der Waals surface area contributed by atoms with Crippen molar-refractivity contribution in [2.24, 2.45) is 0 Å². The van der Waals surface area contributed by atoms with Crippen LogP contribution in [0.15, 0.2) is 27.3 Å². The first-order valence-electron chi connectivity index (χ1n) is 5.86. The zero-order chi connectivity index (χ0) is 14.3. The van der Waals surface area contributed by atoms with Gasteiger partial charge < -0.3 is 14.1 Å². The number of hydrogen-bond donors (Lipinski definition) is 0. The third kappa shape index (κ3) is 5.30. The molecule has 0 N–H and O–H groups in total. The van der Waals surface area contributed by atoms with Gasteiger partial charge in [-0.25, -0.2) is 0 Å². The lowest BCUT2D eigenvalue weighted by Crippen LogP contribution is -2.35. The molecule has 0 unspecified atom stereocenters. The first kappa shape index (κ1) is 15.5. The lowest BCUT2D eigenvalue weighted by atomic mass is 10.3. The minimum absolute atomic E-state index is 0.0463. The molecule has 0 aromatic carbocycles. The van der Waals surface area contributed by atoms with Crippen molar-refractivity contribution in [1.82, 2.24) is 4.90 Å². The van der Waals surface area contributed by atoms with E-state index in [-0.39, 0.29) is 12.5 Å². The first-order chi connectivity index (χ1) is 9.06. The summed E-state index contributed by atoms with van der Waals surface area (Å²) in [6.45, 7) is 2.39. The molecule has 19 heavy (non-hydrogen) atoms. The maximum absolute atomic E-state index is 11.9. The van der Waals surface area contributed by atoms with Crippen LogP contribution in [0, 0.1) is 0 Å². The summed E-state index contributed by atoms with van der Waals surface area (Å²) in [6.07, 6.45) is 3.71. The predicted molar refractivity (Wildman–Crippen MR) is 74.3 cm³/mol. The highest BCUT2D eigenvalue weighted by atomic mass is 79.9. The summed E-state index contributed by atoms with van der Waals surface area (Å²) in [6, 6.07) is 3.47. The molecule has 104 valence electrons. The van der Waals surface area contributed by atoms with Crippen LogP contribution in [0.2, 0.25) is 0 Å². The average molecular weight is 330 g/mol. The number of furan rings is 1. The van der Waals surface area contributed by atoms with Gasteiger partial charge in [0, 0.05) is 12.6 Å². The summed E-state index contributed by atoms with van der Waals surface area (Å²) in [5.74, 6) is -0.120. The number of amides is 1. The van der Waals surface area contributed by atoms with Crippen molar-refractivity contribution in [2.45, 2.75) is 13.3 Å². The van der Waals surface area contributed by atoms with E-state index in [0.717, 1.165) is 6.42 Å². The normalized spacial score (nSPS) is 10.7. The van der Waals surface area contributed by atoms with Crippen LogP contribution in [-0.4, -0.2) is 37.0 Å². The van der Waals surface area contributed by atoms with Crippen LogP contribution in [0.25, 0.3) is 6.08 Å². The van der Waals surface area contributed by atoms with E-state index in [1.165, 1.54) is 18.1 Å². The van der Waals surface area contributed by atoms with Gasteiger partial charge in [0.15, 0.2) is 4.67 Å². The van der Waals surface area contributed by atoms with E-state index in [0.29, 0.717) is 17.0 Å². The monoisotopic (exact) mass is 329 g/mol. The topological polar surface area (TPSA) is 59.8 Å². The standard InChI is InChI=1S/C13H16BrNO4/c1-3-8-15(9-13(17)18-2)12(16)7-5-10-4-6-11(14)19-10/h4-7H,3,8-9H2,1-2H3. The van der Waals surface area contributed by atoms with Crippen molar-refractivity contribution >= 4 is 33.9 Å². The number of esters is 1. The SMILES string of the molecule is CCCN(CC(=O)OC)C(=O)C=Cc1ccc(Br)o1. The zero-order valence-electron chi connectivity index (χ0n) is 10.9. The zero-order valence-corrected chi connectivity index (χ0v) is 12.5. The van der Waals surface area contributed by atoms with Crippen LogP contribution in [0.5, 0.6) is 0 Å². The van der Waals surface area contributed by atoms with E-state index in [1.807, 2.05) is 6.92 Å². The van der Waals surface area contributed by atoms with E-state index in [9.17, 15) is 9.59 Å². The highest BCUT2D eigenvalue weighted by molar-refractivity contribution is 9.10. The van der Waals surface area contributed by atoms with Gasteiger partial charge in [-0.2, -0.15) is 0 Å². The molecule has 6 heteroatoms. The fourth-order valence-electron chi connectivity index (χ4n) is 1.43. The van der Waals surface area contributed by atoms with Gasteiger partial charge in [0.25, 0.3) is 0 Å². The second kappa shape index (κ2) is 7.78. The summed E-state index contributed by atoms with van der Waals surface area (Å²) in [5, 5.41) is 0. The fourth-order valence-corrected chi connectivity index (χ4v) is 1.75. The molecule has 0 saturated carbocycles. The highest BCUT2D eigenvalue weighted by Gasteiger charge is 2.14. The van der Waals surface area contributed by atoms with E-state index >= 15 is 0 Å². The molecule has 0 aliphatic carbocycles. The first-order valence-corrected chi connectivity index (χ1v) is 6.65. The average Bonchev–Trinajstić information content (AvgIpc) is 2.81. The molecule has 1 aromatic rings. The number of ether oxygens (including phenoxy) is 1. The van der Waals surface area contributed by atoms with Crippen molar-refractivity contribution in [2.75, 3.05) is 20.2 Å². The van der Waals surface area contributed by atoms with Crippen LogP contribution < -0.4 is 0 Å².